The summed E-state index contributed by atoms with van der Waals surface area (Å²) in [5.74, 6) is 1.88. The average molecular weight is 340 g/mol. The first-order valence-corrected chi connectivity index (χ1v) is 9.62. The van der Waals surface area contributed by atoms with Crippen LogP contribution in [0, 0.1) is 28.6 Å². The van der Waals surface area contributed by atoms with Crippen LogP contribution >= 0.6 is 0 Å². The molecule has 0 spiro atoms. The maximum absolute atomic E-state index is 11.8. The fourth-order valence-electron chi connectivity index (χ4n) is 6.48. The number of hydrogen-bond acceptors (Lipinski definition) is 3. The highest BCUT2D eigenvalue weighted by atomic mass is 16.5. The molecule has 3 saturated carbocycles. The number of ketones is 1. The lowest BCUT2D eigenvalue weighted by Gasteiger charge is -2.56. The van der Waals surface area contributed by atoms with Crippen LogP contribution in [0.15, 0.2) is 35.5 Å². The lowest BCUT2D eigenvalue weighted by Crippen LogP contribution is -2.48. The third-order valence-electron chi connectivity index (χ3n) is 7.90. The van der Waals surface area contributed by atoms with Crippen LogP contribution in [0.2, 0.25) is 0 Å². The molecule has 0 N–H and O–H groups in total. The van der Waals surface area contributed by atoms with Crippen molar-refractivity contribution in [2.24, 2.45) is 28.6 Å². The number of rotatable bonds is 1. The van der Waals surface area contributed by atoms with E-state index in [1.165, 1.54) is 37.5 Å². The van der Waals surface area contributed by atoms with Crippen LogP contribution in [0.5, 0.6) is 0 Å². The first-order chi connectivity index (χ1) is 11.9. The van der Waals surface area contributed by atoms with Crippen molar-refractivity contribution < 1.29 is 14.3 Å². The molecule has 25 heavy (non-hydrogen) atoms. The molecular formula is C22H28O3. The molecule has 134 valence electrons. The lowest BCUT2D eigenvalue weighted by atomic mass is 9.48. The Morgan fingerprint density at radius 1 is 1.20 bits per heavy atom. The van der Waals surface area contributed by atoms with E-state index in [2.05, 4.69) is 19.9 Å². The summed E-state index contributed by atoms with van der Waals surface area (Å²) in [6.45, 7) is 4.70. The van der Waals surface area contributed by atoms with Crippen LogP contribution in [0.3, 0.4) is 0 Å². The molecule has 0 aromatic rings. The Bertz CT molecular complexity index is 713. The molecule has 3 fully saturated rings. The molecule has 0 amide bonds. The predicted molar refractivity (Wildman–Crippen MR) is 96.7 cm³/mol. The minimum absolute atomic E-state index is 0.0486. The van der Waals surface area contributed by atoms with Crippen molar-refractivity contribution >= 4 is 11.8 Å². The van der Waals surface area contributed by atoms with E-state index < -0.39 is 0 Å². The van der Waals surface area contributed by atoms with Gasteiger partial charge in [0.05, 0.1) is 7.11 Å². The minimum atomic E-state index is -0.214. The predicted octanol–water partition coefficient (Wildman–Crippen LogP) is 4.39. The summed E-state index contributed by atoms with van der Waals surface area (Å²) in [7, 11) is 1.46. The number of carbonyl (C=O) groups excluding carboxylic acids is 2. The number of esters is 1. The Morgan fingerprint density at radius 3 is 2.76 bits per heavy atom. The summed E-state index contributed by atoms with van der Waals surface area (Å²) in [5.41, 5.74) is 2.82. The molecule has 3 nitrogen and oxygen atoms in total. The SMILES string of the molecule is COC(=O)C=C1CC[C@H]2[C@@H]3CCC4=CC(=O)C=C[C@]4(C)[C@H]3CC[C@]12C. The summed E-state index contributed by atoms with van der Waals surface area (Å²) in [4.78, 5) is 23.6. The second-order valence-corrected chi connectivity index (χ2v) is 8.79. The summed E-state index contributed by atoms with van der Waals surface area (Å²) in [6.07, 6.45) is 14.3. The Morgan fingerprint density at radius 2 is 2.00 bits per heavy atom. The van der Waals surface area contributed by atoms with E-state index in [-0.39, 0.29) is 22.6 Å². The zero-order valence-corrected chi connectivity index (χ0v) is 15.5. The number of hydrogen-bond donors (Lipinski definition) is 0. The molecule has 0 radical (unpaired) electrons. The Hall–Kier alpha value is -1.64. The van der Waals surface area contributed by atoms with Crippen molar-refractivity contribution in [3.8, 4) is 0 Å². The zero-order chi connectivity index (χ0) is 17.8. The number of methoxy groups -OCH3 is 1. The van der Waals surface area contributed by atoms with Crippen molar-refractivity contribution in [3.05, 3.63) is 35.5 Å². The molecule has 4 aliphatic rings. The van der Waals surface area contributed by atoms with E-state index in [1.807, 2.05) is 6.08 Å². The molecule has 0 unspecified atom stereocenters. The summed E-state index contributed by atoms with van der Waals surface area (Å²) in [6, 6.07) is 0. The molecule has 5 atom stereocenters. The van der Waals surface area contributed by atoms with E-state index in [4.69, 9.17) is 4.74 Å². The van der Waals surface area contributed by atoms with Gasteiger partial charge < -0.3 is 4.74 Å². The van der Waals surface area contributed by atoms with Crippen LogP contribution in [-0.4, -0.2) is 18.9 Å². The van der Waals surface area contributed by atoms with Crippen LogP contribution in [0.4, 0.5) is 0 Å². The highest BCUT2D eigenvalue weighted by Crippen LogP contribution is 2.65. The Balaban J connectivity index is 1.66. The largest absolute Gasteiger partial charge is 0.466 e. The second kappa shape index (κ2) is 5.69. The second-order valence-electron chi connectivity index (χ2n) is 8.79. The van der Waals surface area contributed by atoms with E-state index in [0.29, 0.717) is 17.8 Å². The van der Waals surface area contributed by atoms with Gasteiger partial charge in [0.25, 0.3) is 0 Å². The van der Waals surface area contributed by atoms with Gasteiger partial charge in [0.1, 0.15) is 0 Å². The number of allylic oxidation sites excluding steroid dienone is 5. The maximum Gasteiger partial charge on any atom is 0.330 e. The van der Waals surface area contributed by atoms with E-state index in [1.54, 1.807) is 12.2 Å². The van der Waals surface area contributed by atoms with Crippen LogP contribution in [0.1, 0.15) is 52.4 Å². The topological polar surface area (TPSA) is 43.4 Å². The molecular weight excluding hydrogens is 312 g/mol. The first kappa shape index (κ1) is 16.8. The quantitative estimate of drug-likeness (QED) is 0.525. The average Bonchev–Trinajstić information content (AvgIpc) is 2.92. The van der Waals surface area contributed by atoms with Crippen molar-refractivity contribution in [1.29, 1.82) is 0 Å². The summed E-state index contributed by atoms with van der Waals surface area (Å²) in [5, 5.41) is 0. The van der Waals surface area contributed by atoms with Gasteiger partial charge in [-0.25, -0.2) is 4.79 Å². The zero-order valence-electron chi connectivity index (χ0n) is 15.5. The normalized spacial score (nSPS) is 44.0. The fourth-order valence-corrected chi connectivity index (χ4v) is 6.48. The number of carbonyl (C=O) groups is 2. The van der Waals surface area contributed by atoms with Crippen molar-refractivity contribution in [3.63, 3.8) is 0 Å². The van der Waals surface area contributed by atoms with Gasteiger partial charge in [0.2, 0.25) is 0 Å². The lowest BCUT2D eigenvalue weighted by molar-refractivity contribution is -0.135. The Labute approximate surface area is 150 Å². The van der Waals surface area contributed by atoms with Gasteiger partial charge in [-0.05, 0) is 73.8 Å². The van der Waals surface area contributed by atoms with Gasteiger partial charge in [-0.3, -0.25) is 4.79 Å². The molecule has 0 saturated heterocycles. The number of ether oxygens (including phenoxy) is 1. The van der Waals surface area contributed by atoms with Crippen LogP contribution in [0.25, 0.3) is 0 Å². The van der Waals surface area contributed by atoms with Gasteiger partial charge in [0.15, 0.2) is 5.78 Å². The van der Waals surface area contributed by atoms with Crippen molar-refractivity contribution in [2.45, 2.75) is 52.4 Å². The molecule has 4 aliphatic carbocycles. The van der Waals surface area contributed by atoms with E-state index in [9.17, 15) is 9.59 Å². The van der Waals surface area contributed by atoms with E-state index >= 15 is 0 Å². The Kier molecular flexibility index (Phi) is 3.82. The van der Waals surface area contributed by atoms with Gasteiger partial charge in [-0.1, -0.05) is 31.1 Å². The van der Waals surface area contributed by atoms with Crippen LogP contribution < -0.4 is 0 Å². The molecule has 3 heteroatoms. The van der Waals surface area contributed by atoms with Gasteiger partial charge >= 0.3 is 5.97 Å². The molecule has 0 heterocycles. The van der Waals surface area contributed by atoms with Crippen molar-refractivity contribution in [2.75, 3.05) is 7.11 Å². The minimum Gasteiger partial charge on any atom is -0.466 e. The first-order valence-electron chi connectivity index (χ1n) is 9.62. The highest BCUT2D eigenvalue weighted by molar-refractivity contribution is 6.01. The molecule has 4 rings (SSSR count). The van der Waals surface area contributed by atoms with Gasteiger partial charge in [-0.15, -0.1) is 0 Å². The maximum atomic E-state index is 11.8. The van der Waals surface area contributed by atoms with Crippen LogP contribution in [-0.2, 0) is 14.3 Å². The van der Waals surface area contributed by atoms with Gasteiger partial charge in [-0.2, -0.15) is 0 Å². The summed E-state index contributed by atoms with van der Waals surface area (Å²) >= 11 is 0. The monoisotopic (exact) mass is 340 g/mol. The third kappa shape index (κ3) is 2.38. The standard InChI is InChI=1S/C22H28O3/c1-21-10-8-16(23)12-14(21)4-6-17-18-7-5-15(13-20(24)25-3)22(18,2)11-9-19(17)21/h8,10,12-13,17-19H,4-7,9,11H2,1-3H3/t17-,18-,19-,21-,22+/m0/s1. The number of fused-ring (bicyclic) bond motifs is 5. The van der Waals surface area contributed by atoms with E-state index in [0.717, 1.165) is 19.3 Å². The smallest absolute Gasteiger partial charge is 0.330 e. The van der Waals surface area contributed by atoms with Gasteiger partial charge in [0, 0.05) is 11.5 Å². The molecule has 0 aromatic carbocycles. The molecule has 0 aromatic heterocycles. The third-order valence-corrected chi connectivity index (χ3v) is 7.90. The van der Waals surface area contributed by atoms with Crippen molar-refractivity contribution in [1.82, 2.24) is 0 Å². The molecule has 0 bridgehead atoms. The highest BCUT2D eigenvalue weighted by Gasteiger charge is 2.56. The summed E-state index contributed by atoms with van der Waals surface area (Å²) < 4.78 is 4.88. The fraction of sp³-hybridized carbons (Fsp3) is 0.636. The molecule has 0 aliphatic heterocycles.